The summed E-state index contributed by atoms with van der Waals surface area (Å²) in [7, 11) is 1.73. The molecule has 0 aromatic carbocycles. The Balaban J connectivity index is 2.35. The van der Waals surface area contributed by atoms with Crippen molar-refractivity contribution < 1.29 is 5.11 Å². The van der Waals surface area contributed by atoms with E-state index in [1.54, 1.807) is 23.9 Å². The molecule has 0 spiro atoms. The molecule has 1 heterocycles. The van der Waals surface area contributed by atoms with E-state index in [0.29, 0.717) is 5.69 Å². The summed E-state index contributed by atoms with van der Waals surface area (Å²) in [6.07, 6.45) is 5.19. The minimum Gasteiger partial charge on any atom is -0.391 e. The second kappa shape index (κ2) is 4.70. The highest BCUT2D eigenvalue weighted by atomic mass is 16.3. The first-order valence-electron chi connectivity index (χ1n) is 5.81. The van der Waals surface area contributed by atoms with Crippen LogP contribution in [0, 0.1) is 0 Å². The van der Waals surface area contributed by atoms with Crippen molar-refractivity contribution >= 4 is 5.69 Å². The Labute approximate surface area is 94.9 Å². The van der Waals surface area contributed by atoms with E-state index < -0.39 is 6.10 Å². The normalized spacial score (nSPS) is 25.4. The van der Waals surface area contributed by atoms with Crippen molar-refractivity contribution in [3.05, 3.63) is 28.7 Å². The van der Waals surface area contributed by atoms with E-state index in [-0.39, 0.29) is 11.6 Å². The zero-order valence-electron chi connectivity index (χ0n) is 9.52. The van der Waals surface area contributed by atoms with Crippen molar-refractivity contribution in [2.45, 2.75) is 37.8 Å². The maximum atomic E-state index is 12.0. The minimum atomic E-state index is -0.390. The fourth-order valence-electron chi connectivity index (χ4n) is 2.38. The van der Waals surface area contributed by atoms with E-state index in [0.717, 1.165) is 25.7 Å². The molecular weight excluding hydrogens is 204 g/mol. The van der Waals surface area contributed by atoms with Crippen LogP contribution >= 0.6 is 0 Å². The van der Waals surface area contributed by atoms with Gasteiger partial charge in [-0.1, -0.05) is 12.8 Å². The summed E-state index contributed by atoms with van der Waals surface area (Å²) in [5, 5.41) is 12.8. The second-order valence-electron chi connectivity index (χ2n) is 4.30. The zero-order chi connectivity index (χ0) is 11.5. The predicted molar refractivity (Wildman–Crippen MR) is 63.8 cm³/mol. The number of anilines is 1. The largest absolute Gasteiger partial charge is 0.391 e. The third-order valence-corrected chi connectivity index (χ3v) is 3.30. The van der Waals surface area contributed by atoms with Crippen LogP contribution in [-0.4, -0.2) is 22.8 Å². The third-order valence-electron chi connectivity index (χ3n) is 3.30. The van der Waals surface area contributed by atoms with E-state index in [1.807, 2.05) is 6.07 Å². The molecule has 1 aliphatic rings. The molecule has 0 unspecified atom stereocenters. The van der Waals surface area contributed by atoms with Crippen LogP contribution in [-0.2, 0) is 0 Å². The molecule has 4 heteroatoms. The topological polar surface area (TPSA) is 54.3 Å². The first-order chi connectivity index (χ1) is 7.74. The summed E-state index contributed by atoms with van der Waals surface area (Å²) in [6.45, 7) is 0. The van der Waals surface area contributed by atoms with Crippen LogP contribution in [0.15, 0.2) is 23.1 Å². The lowest BCUT2D eigenvalue weighted by atomic mass is 9.92. The van der Waals surface area contributed by atoms with E-state index in [2.05, 4.69) is 5.32 Å². The Kier molecular flexibility index (Phi) is 3.29. The number of nitrogens with zero attached hydrogens (tertiary/aromatic N) is 1. The Morgan fingerprint density at radius 1 is 1.44 bits per heavy atom. The van der Waals surface area contributed by atoms with Crippen LogP contribution in [0.25, 0.3) is 0 Å². The van der Waals surface area contributed by atoms with Gasteiger partial charge in [0.05, 0.1) is 12.1 Å². The lowest BCUT2D eigenvalue weighted by Gasteiger charge is -2.29. The smallest absolute Gasteiger partial charge is 0.274 e. The van der Waals surface area contributed by atoms with Gasteiger partial charge in [0.1, 0.15) is 5.69 Å². The quantitative estimate of drug-likeness (QED) is 0.794. The van der Waals surface area contributed by atoms with Gasteiger partial charge in [-0.3, -0.25) is 4.79 Å². The Bertz CT molecular complexity index is 414. The summed E-state index contributed by atoms with van der Waals surface area (Å²) in [4.78, 5) is 12.0. The first-order valence-corrected chi connectivity index (χ1v) is 5.81. The number of rotatable bonds is 2. The standard InChI is InChI=1S/C12H18N2O2/c1-13-9-5-4-8-14(12(9)16)10-6-2-3-7-11(10)15/h4-5,8,10-11,13,15H,2-3,6-7H2,1H3/t10-,11+/m1/s1. The van der Waals surface area contributed by atoms with Crippen LogP contribution in [0.5, 0.6) is 0 Å². The highest BCUT2D eigenvalue weighted by Crippen LogP contribution is 2.27. The Morgan fingerprint density at radius 3 is 2.88 bits per heavy atom. The van der Waals surface area contributed by atoms with E-state index in [4.69, 9.17) is 0 Å². The van der Waals surface area contributed by atoms with Gasteiger partial charge in [-0.2, -0.15) is 0 Å². The molecule has 16 heavy (non-hydrogen) atoms. The van der Waals surface area contributed by atoms with Gasteiger partial charge in [-0.25, -0.2) is 0 Å². The lowest BCUT2D eigenvalue weighted by molar-refractivity contribution is 0.0739. The van der Waals surface area contributed by atoms with Crippen LogP contribution < -0.4 is 10.9 Å². The SMILES string of the molecule is CNc1cccn([C@@H]2CCCC[C@@H]2O)c1=O. The molecule has 0 aliphatic heterocycles. The van der Waals surface area contributed by atoms with Crippen molar-refractivity contribution in [1.82, 2.24) is 4.57 Å². The lowest BCUT2D eigenvalue weighted by Crippen LogP contribution is -2.34. The van der Waals surface area contributed by atoms with E-state index in [9.17, 15) is 9.90 Å². The minimum absolute atomic E-state index is 0.0454. The Morgan fingerprint density at radius 2 is 2.19 bits per heavy atom. The van der Waals surface area contributed by atoms with Gasteiger partial charge in [0, 0.05) is 13.2 Å². The summed E-state index contributed by atoms with van der Waals surface area (Å²) in [5.41, 5.74) is 0.538. The van der Waals surface area contributed by atoms with Crippen molar-refractivity contribution in [1.29, 1.82) is 0 Å². The van der Waals surface area contributed by atoms with Crippen LogP contribution in [0.4, 0.5) is 5.69 Å². The molecule has 0 amide bonds. The molecule has 1 saturated carbocycles. The summed E-state index contributed by atoms with van der Waals surface area (Å²) < 4.78 is 1.66. The number of nitrogens with one attached hydrogen (secondary N) is 1. The number of aliphatic hydroxyl groups excluding tert-OH is 1. The Hall–Kier alpha value is -1.29. The van der Waals surface area contributed by atoms with Gasteiger partial charge < -0.3 is 15.0 Å². The van der Waals surface area contributed by atoms with Crippen molar-refractivity contribution in [2.75, 3.05) is 12.4 Å². The third kappa shape index (κ3) is 1.97. The fourth-order valence-corrected chi connectivity index (χ4v) is 2.38. The van der Waals surface area contributed by atoms with Crippen LogP contribution in [0.2, 0.25) is 0 Å². The van der Waals surface area contributed by atoms with Gasteiger partial charge in [0.15, 0.2) is 0 Å². The first kappa shape index (κ1) is 11.2. The maximum absolute atomic E-state index is 12.0. The summed E-state index contributed by atoms with van der Waals surface area (Å²) >= 11 is 0. The molecule has 88 valence electrons. The highest BCUT2D eigenvalue weighted by molar-refractivity contribution is 5.39. The molecule has 2 N–H and O–H groups in total. The van der Waals surface area contributed by atoms with Gasteiger partial charge in [-0.05, 0) is 25.0 Å². The molecule has 0 saturated heterocycles. The molecule has 1 aromatic heterocycles. The molecule has 0 radical (unpaired) electrons. The number of pyridine rings is 1. The molecule has 2 atom stereocenters. The van der Waals surface area contributed by atoms with E-state index in [1.165, 1.54) is 0 Å². The molecular formula is C12H18N2O2. The molecule has 1 fully saturated rings. The van der Waals surface area contributed by atoms with Gasteiger partial charge >= 0.3 is 0 Å². The fraction of sp³-hybridized carbons (Fsp3) is 0.583. The number of hydrogen-bond donors (Lipinski definition) is 2. The maximum Gasteiger partial charge on any atom is 0.274 e. The second-order valence-corrected chi connectivity index (χ2v) is 4.30. The molecule has 1 aliphatic carbocycles. The molecule has 0 bridgehead atoms. The molecule has 1 aromatic rings. The summed E-state index contributed by atoms with van der Waals surface area (Å²) in [5.74, 6) is 0. The van der Waals surface area contributed by atoms with Crippen molar-refractivity contribution in [3.8, 4) is 0 Å². The van der Waals surface area contributed by atoms with Gasteiger partial charge in [-0.15, -0.1) is 0 Å². The molecule has 4 nitrogen and oxygen atoms in total. The zero-order valence-corrected chi connectivity index (χ0v) is 9.52. The highest BCUT2D eigenvalue weighted by Gasteiger charge is 2.25. The summed E-state index contributed by atoms with van der Waals surface area (Å²) in [6, 6.07) is 3.54. The van der Waals surface area contributed by atoms with Crippen LogP contribution in [0.3, 0.4) is 0 Å². The average molecular weight is 222 g/mol. The predicted octanol–water partition coefficient (Wildman–Crippen LogP) is 1.37. The molecule has 2 rings (SSSR count). The van der Waals surface area contributed by atoms with Crippen molar-refractivity contribution in [2.24, 2.45) is 0 Å². The van der Waals surface area contributed by atoms with Crippen LogP contribution in [0.1, 0.15) is 31.7 Å². The number of aliphatic hydroxyl groups is 1. The average Bonchev–Trinajstić information content (AvgIpc) is 2.31. The number of aromatic nitrogens is 1. The van der Waals surface area contributed by atoms with Gasteiger partial charge in [0.2, 0.25) is 0 Å². The van der Waals surface area contributed by atoms with Crippen molar-refractivity contribution in [3.63, 3.8) is 0 Å². The van der Waals surface area contributed by atoms with Gasteiger partial charge in [0.25, 0.3) is 5.56 Å². The van der Waals surface area contributed by atoms with E-state index >= 15 is 0 Å². The number of hydrogen-bond acceptors (Lipinski definition) is 3. The monoisotopic (exact) mass is 222 g/mol.